The normalized spacial score (nSPS) is 16.7. The van der Waals surface area contributed by atoms with Gasteiger partial charge in [0.05, 0.1) is 26.2 Å². The third kappa shape index (κ3) is 2.95. The fourth-order valence-corrected chi connectivity index (χ4v) is 5.27. The summed E-state index contributed by atoms with van der Waals surface area (Å²) in [6, 6.07) is 14.0. The summed E-state index contributed by atoms with van der Waals surface area (Å²) in [7, 11) is 1.67. The molecule has 1 atom stereocenters. The second-order valence-corrected chi connectivity index (χ2v) is 8.19. The van der Waals surface area contributed by atoms with Crippen LogP contribution in [0.3, 0.4) is 0 Å². The Kier molecular flexibility index (Phi) is 4.50. The molecule has 2 aromatic carbocycles. The molecule has 2 heterocycles. The number of nitrogens with zero attached hydrogens (tertiary/aromatic N) is 1. The van der Waals surface area contributed by atoms with E-state index in [4.69, 9.17) is 22.1 Å². The van der Waals surface area contributed by atoms with Crippen molar-refractivity contribution in [2.45, 2.75) is 12.7 Å². The maximum Gasteiger partial charge on any atom is 0.118 e. The lowest BCUT2D eigenvalue weighted by atomic mass is 10.0. The van der Waals surface area contributed by atoms with Gasteiger partial charge in [0.15, 0.2) is 0 Å². The smallest absolute Gasteiger partial charge is 0.118 e. The van der Waals surface area contributed by atoms with Crippen LogP contribution >= 0.6 is 38.9 Å². The Morgan fingerprint density at radius 3 is 2.72 bits per heavy atom. The van der Waals surface area contributed by atoms with Gasteiger partial charge in [-0.15, -0.1) is 11.3 Å². The van der Waals surface area contributed by atoms with Gasteiger partial charge in [0.2, 0.25) is 0 Å². The highest BCUT2D eigenvalue weighted by Gasteiger charge is 2.28. The number of halogens is 2. The van der Waals surface area contributed by atoms with Crippen LogP contribution in [0.1, 0.15) is 22.2 Å². The van der Waals surface area contributed by atoms with Gasteiger partial charge in [0, 0.05) is 23.7 Å². The van der Waals surface area contributed by atoms with Gasteiger partial charge in [0.25, 0.3) is 0 Å². The molecule has 0 radical (unpaired) electrons. The van der Waals surface area contributed by atoms with Crippen LogP contribution < -0.4 is 10.5 Å². The number of rotatable bonds is 3. The van der Waals surface area contributed by atoms with Crippen molar-refractivity contribution in [3.8, 4) is 5.75 Å². The zero-order valence-electron chi connectivity index (χ0n) is 13.5. The fourth-order valence-electron chi connectivity index (χ4n) is 3.11. The van der Waals surface area contributed by atoms with Crippen molar-refractivity contribution >= 4 is 53.4 Å². The third-order valence-electron chi connectivity index (χ3n) is 4.38. The molecule has 3 nitrogen and oxygen atoms in total. The molecule has 0 amide bonds. The van der Waals surface area contributed by atoms with Crippen LogP contribution in [-0.2, 0) is 6.54 Å². The number of benzene rings is 2. The number of thiophene rings is 1. The lowest BCUT2D eigenvalue weighted by Crippen LogP contribution is -2.32. The molecule has 1 aliphatic rings. The van der Waals surface area contributed by atoms with Crippen molar-refractivity contribution < 1.29 is 4.74 Å². The van der Waals surface area contributed by atoms with E-state index in [1.165, 1.54) is 5.56 Å². The Morgan fingerprint density at radius 2 is 2.00 bits per heavy atom. The predicted molar refractivity (Wildman–Crippen MR) is 109 cm³/mol. The Morgan fingerprint density at radius 1 is 1.24 bits per heavy atom. The summed E-state index contributed by atoms with van der Waals surface area (Å²) in [6.07, 6.45) is 1.85. The van der Waals surface area contributed by atoms with Crippen LogP contribution in [0.5, 0.6) is 5.75 Å². The first-order chi connectivity index (χ1) is 12.1. The summed E-state index contributed by atoms with van der Waals surface area (Å²) in [4.78, 5) is 3.29. The number of hydrogen-bond acceptors (Lipinski definition) is 4. The van der Waals surface area contributed by atoms with Crippen molar-refractivity contribution in [1.82, 2.24) is 4.90 Å². The van der Waals surface area contributed by atoms with E-state index in [2.05, 4.69) is 45.2 Å². The van der Waals surface area contributed by atoms with Crippen molar-refractivity contribution in [3.05, 3.63) is 69.7 Å². The Hall–Kier alpha value is -1.53. The number of methoxy groups -OCH3 is 1. The molecule has 0 saturated carbocycles. The molecule has 0 fully saturated rings. The molecule has 0 aliphatic carbocycles. The van der Waals surface area contributed by atoms with E-state index in [1.54, 1.807) is 18.4 Å². The highest BCUT2D eigenvalue weighted by molar-refractivity contribution is 9.15. The van der Waals surface area contributed by atoms with Crippen LogP contribution in [0.25, 0.3) is 14.6 Å². The van der Waals surface area contributed by atoms with E-state index in [1.807, 2.05) is 24.3 Å². The van der Waals surface area contributed by atoms with Crippen LogP contribution in [0.2, 0.25) is 5.02 Å². The molecular weight excluding hydrogens is 420 g/mol. The highest BCUT2D eigenvalue weighted by Crippen LogP contribution is 2.47. The molecule has 6 heteroatoms. The standard InChI is InChI=1S/C19H16BrClN2OS/c1-24-12-7-5-11(6-8-12)9-23-10-14(20)18-16(19(23)22)13-3-2-4-15(21)17(13)25-18/h2-8,10,19H,9,22H2,1H3. The van der Waals surface area contributed by atoms with Gasteiger partial charge >= 0.3 is 0 Å². The first-order valence-corrected chi connectivity index (χ1v) is 9.80. The summed E-state index contributed by atoms with van der Waals surface area (Å²) >= 11 is 11.8. The zero-order chi connectivity index (χ0) is 17.6. The molecule has 1 unspecified atom stereocenters. The Labute approximate surface area is 163 Å². The van der Waals surface area contributed by atoms with Gasteiger partial charge in [-0.25, -0.2) is 0 Å². The fraction of sp³-hybridized carbons (Fsp3) is 0.158. The first kappa shape index (κ1) is 16.9. The van der Waals surface area contributed by atoms with Crippen molar-refractivity contribution in [1.29, 1.82) is 0 Å². The van der Waals surface area contributed by atoms with Crippen LogP contribution in [0, 0.1) is 0 Å². The van der Waals surface area contributed by atoms with Gasteiger partial charge in [0.1, 0.15) is 11.9 Å². The highest BCUT2D eigenvalue weighted by atomic mass is 79.9. The maximum absolute atomic E-state index is 6.62. The summed E-state index contributed by atoms with van der Waals surface area (Å²) in [6.45, 7) is 0.720. The largest absolute Gasteiger partial charge is 0.497 e. The molecule has 0 saturated heterocycles. The molecule has 2 N–H and O–H groups in total. The van der Waals surface area contributed by atoms with E-state index in [0.29, 0.717) is 0 Å². The quantitative estimate of drug-likeness (QED) is 0.571. The first-order valence-electron chi connectivity index (χ1n) is 7.81. The van der Waals surface area contributed by atoms with E-state index in [0.717, 1.165) is 42.3 Å². The zero-order valence-corrected chi connectivity index (χ0v) is 16.7. The predicted octanol–water partition coefficient (Wildman–Crippen LogP) is 5.73. The second kappa shape index (κ2) is 6.65. The molecule has 128 valence electrons. The molecule has 4 rings (SSSR count). The summed E-state index contributed by atoms with van der Waals surface area (Å²) < 4.78 is 7.35. The Bertz CT molecular complexity index is 967. The molecule has 3 aromatic rings. The molecular formula is C19H16BrClN2OS. The van der Waals surface area contributed by atoms with Crippen LogP contribution in [-0.4, -0.2) is 12.0 Å². The van der Waals surface area contributed by atoms with Crippen molar-refractivity contribution in [2.24, 2.45) is 5.73 Å². The number of fused-ring (bicyclic) bond motifs is 3. The van der Waals surface area contributed by atoms with E-state index in [-0.39, 0.29) is 6.17 Å². The Balaban J connectivity index is 1.72. The SMILES string of the molecule is COc1ccc(CN2C=C(Br)c3sc4c(Cl)cccc4c3C2N)cc1. The summed E-state index contributed by atoms with van der Waals surface area (Å²) in [5, 5.41) is 1.90. The van der Waals surface area contributed by atoms with Crippen LogP contribution in [0.4, 0.5) is 0 Å². The lowest BCUT2D eigenvalue weighted by molar-refractivity contribution is 0.277. The number of nitrogens with two attached hydrogens (primary N) is 1. The van der Waals surface area contributed by atoms with Gasteiger partial charge in [-0.3, -0.25) is 0 Å². The van der Waals surface area contributed by atoms with Crippen molar-refractivity contribution in [2.75, 3.05) is 7.11 Å². The monoisotopic (exact) mass is 434 g/mol. The molecule has 0 bridgehead atoms. The van der Waals surface area contributed by atoms with E-state index in [9.17, 15) is 0 Å². The van der Waals surface area contributed by atoms with Gasteiger partial charge in [-0.2, -0.15) is 0 Å². The van der Waals surface area contributed by atoms with Gasteiger partial charge < -0.3 is 15.4 Å². The molecule has 25 heavy (non-hydrogen) atoms. The topological polar surface area (TPSA) is 38.5 Å². The van der Waals surface area contributed by atoms with Crippen LogP contribution in [0.15, 0.2) is 48.7 Å². The minimum absolute atomic E-state index is 0.217. The average Bonchev–Trinajstić information content (AvgIpc) is 3.02. The minimum Gasteiger partial charge on any atom is -0.497 e. The van der Waals surface area contributed by atoms with E-state index >= 15 is 0 Å². The number of hydrogen-bond donors (Lipinski definition) is 1. The third-order valence-corrected chi connectivity index (χ3v) is 6.96. The number of ether oxygens (including phenoxy) is 1. The maximum atomic E-state index is 6.62. The lowest BCUT2D eigenvalue weighted by Gasteiger charge is -2.32. The average molecular weight is 436 g/mol. The summed E-state index contributed by atoms with van der Waals surface area (Å²) in [5.74, 6) is 0.851. The minimum atomic E-state index is -0.217. The van der Waals surface area contributed by atoms with Gasteiger partial charge in [-0.05, 0) is 39.7 Å². The molecule has 1 aromatic heterocycles. The van der Waals surface area contributed by atoms with Gasteiger partial charge in [-0.1, -0.05) is 35.9 Å². The summed E-state index contributed by atoms with van der Waals surface area (Å²) in [5.41, 5.74) is 8.92. The van der Waals surface area contributed by atoms with E-state index < -0.39 is 0 Å². The molecule has 0 spiro atoms. The molecule has 1 aliphatic heterocycles. The second-order valence-electron chi connectivity index (χ2n) is 5.90. The van der Waals surface area contributed by atoms with Crippen molar-refractivity contribution in [3.63, 3.8) is 0 Å².